The lowest BCUT2D eigenvalue weighted by atomic mass is 9.85. The number of hydrogen-bond donors (Lipinski definition) is 4. The van der Waals surface area contributed by atoms with E-state index in [-0.39, 0.29) is 61.9 Å². The van der Waals surface area contributed by atoms with Gasteiger partial charge in [0.15, 0.2) is 11.5 Å². The summed E-state index contributed by atoms with van der Waals surface area (Å²) in [6, 6.07) is 14.0. The van der Waals surface area contributed by atoms with Gasteiger partial charge in [0.25, 0.3) is 0 Å². The van der Waals surface area contributed by atoms with Crippen molar-refractivity contribution in [3.05, 3.63) is 88.5 Å². The Hall–Kier alpha value is -6.15. The predicted molar refractivity (Wildman–Crippen MR) is 309 cm³/mol. The van der Waals surface area contributed by atoms with Crippen LogP contribution in [0.2, 0.25) is 5.02 Å². The molecule has 0 bridgehead atoms. The summed E-state index contributed by atoms with van der Waals surface area (Å²) < 4.78 is 53.5. The van der Waals surface area contributed by atoms with Crippen molar-refractivity contribution in [3.63, 3.8) is 0 Å². The van der Waals surface area contributed by atoms with Gasteiger partial charge in [-0.3, -0.25) is 24.1 Å². The van der Waals surface area contributed by atoms with Crippen molar-refractivity contribution in [1.82, 2.24) is 40.3 Å². The Balaban J connectivity index is 0.660. The van der Waals surface area contributed by atoms with Gasteiger partial charge in [-0.05, 0) is 54.2 Å². The molecule has 4 N–H and O–H groups in total. The fourth-order valence-corrected chi connectivity index (χ4v) is 10.3. The summed E-state index contributed by atoms with van der Waals surface area (Å²) in [5.74, 6) is -0.0165. The van der Waals surface area contributed by atoms with Crippen LogP contribution in [0.15, 0.2) is 66.4 Å². The number of nitrogens with one attached hydrogen (secondary N) is 3. The minimum Gasteiger partial charge on any atom is -0.493 e. The Bertz CT molecular complexity index is 2860. The van der Waals surface area contributed by atoms with E-state index in [4.69, 9.17) is 44.8 Å². The number of methoxy groups -OCH3 is 1. The lowest BCUT2D eigenvalue weighted by molar-refractivity contribution is -0.144. The van der Waals surface area contributed by atoms with Crippen molar-refractivity contribution in [3.8, 4) is 21.9 Å². The van der Waals surface area contributed by atoms with Gasteiger partial charge in [0.05, 0.1) is 119 Å². The van der Waals surface area contributed by atoms with E-state index in [1.165, 1.54) is 23.4 Å². The molecule has 0 radical (unpaired) electrons. The number of anilines is 2. The second kappa shape index (κ2) is 32.1. The number of carbonyl (C=O) groups is 4. The molecule has 2 fully saturated rings. The van der Waals surface area contributed by atoms with Gasteiger partial charge < -0.3 is 64.0 Å². The Morgan fingerprint density at radius 1 is 0.817 bits per heavy atom. The maximum absolute atomic E-state index is 14.0. The summed E-state index contributed by atoms with van der Waals surface area (Å²) in [5.41, 5.74) is 5.25. The molecule has 24 heteroatoms. The van der Waals surface area contributed by atoms with Crippen molar-refractivity contribution < 1.29 is 61.8 Å². The van der Waals surface area contributed by atoms with Crippen molar-refractivity contribution in [2.45, 2.75) is 78.1 Å². The second-order valence-corrected chi connectivity index (χ2v) is 22.2. The number of fused-ring (bicyclic) bond motifs is 1. The van der Waals surface area contributed by atoms with E-state index in [0.717, 1.165) is 47.8 Å². The van der Waals surface area contributed by atoms with Gasteiger partial charge in [-0.1, -0.05) is 56.6 Å². The fraction of sp³-hybridized carbons (Fsp3) is 0.534. The van der Waals surface area contributed by atoms with E-state index in [1.54, 1.807) is 30.6 Å². The molecule has 82 heavy (non-hydrogen) atoms. The zero-order chi connectivity index (χ0) is 58.4. The zero-order valence-electron chi connectivity index (χ0n) is 47.4. The fourth-order valence-electron chi connectivity index (χ4n) is 9.32. The summed E-state index contributed by atoms with van der Waals surface area (Å²) in [7, 11) is 1.57. The van der Waals surface area contributed by atoms with Gasteiger partial charge in [-0.15, -0.1) is 11.3 Å². The predicted octanol–water partition coefficient (Wildman–Crippen LogP) is 6.19. The Morgan fingerprint density at radius 2 is 1.48 bits per heavy atom. The number of aryl methyl sites for hydroxylation is 1. The molecule has 7 rings (SSSR count). The molecule has 2 saturated heterocycles. The van der Waals surface area contributed by atoms with Crippen molar-refractivity contribution in [2.75, 3.05) is 124 Å². The molecule has 0 aliphatic carbocycles. The summed E-state index contributed by atoms with van der Waals surface area (Å²) in [5, 5.41) is 20.2. The lowest BCUT2D eigenvalue weighted by Gasteiger charge is -2.35. The van der Waals surface area contributed by atoms with Crippen LogP contribution in [0.1, 0.15) is 57.7 Å². The van der Waals surface area contributed by atoms with Crippen LogP contribution < -0.4 is 25.4 Å². The molecule has 2 aromatic heterocycles. The van der Waals surface area contributed by atoms with Crippen LogP contribution in [-0.2, 0) is 49.4 Å². The van der Waals surface area contributed by atoms with Crippen molar-refractivity contribution in [1.29, 1.82) is 0 Å². The molecule has 3 atom stereocenters. The van der Waals surface area contributed by atoms with Gasteiger partial charge in [0.2, 0.25) is 23.6 Å². The number of rotatable bonds is 32. The van der Waals surface area contributed by atoms with Crippen LogP contribution in [0, 0.1) is 18.2 Å². The molecule has 446 valence electrons. The minimum absolute atomic E-state index is 0.000948. The number of piperazine rings is 1. The summed E-state index contributed by atoms with van der Waals surface area (Å²) in [6.07, 6.45) is 1.74. The number of thiazole rings is 1. The standard InChI is InChI=1S/C58H77ClFN9O12S/c1-39-53(82-38-64-39)41-9-7-40(8-10-41)35-61-56(73)48-32-43(70)36-69(48)57(74)54(58(2,3)4)66-51(71)13-21-76-23-25-78-27-29-80-30-28-79-26-24-77-22-14-52(72)68-18-16-67(17-19-68)15-6-20-81-50-33-44-47(34-49(50)75-5)62-37-63-55(44)65-42-11-12-46(60)45(59)31-42/h7-12,31,33-34,37-38,43,48,54,70H,6,13-30,32,35-36H2,1-5H3,(H,61,73)(H,66,71)(H,62,63,65). The molecule has 0 saturated carbocycles. The molecule has 2 aliphatic heterocycles. The molecule has 21 nitrogen and oxygen atoms in total. The van der Waals surface area contributed by atoms with Crippen LogP contribution in [0.3, 0.4) is 0 Å². The number of aliphatic hydroxyl groups is 1. The van der Waals surface area contributed by atoms with Crippen LogP contribution in [0.25, 0.3) is 21.3 Å². The first-order valence-corrected chi connectivity index (χ1v) is 28.9. The first-order valence-electron chi connectivity index (χ1n) is 27.7. The average Bonchev–Trinajstić information content (AvgIpc) is 4.12. The van der Waals surface area contributed by atoms with Crippen molar-refractivity contribution in [2.24, 2.45) is 5.41 Å². The number of hydrogen-bond acceptors (Lipinski definition) is 18. The highest BCUT2D eigenvalue weighted by molar-refractivity contribution is 7.13. The Labute approximate surface area is 487 Å². The molecule has 3 unspecified atom stereocenters. The van der Waals surface area contributed by atoms with E-state index < -0.39 is 35.3 Å². The van der Waals surface area contributed by atoms with Crippen LogP contribution in [0.5, 0.6) is 11.5 Å². The third-order valence-corrected chi connectivity index (χ3v) is 15.1. The van der Waals surface area contributed by atoms with E-state index in [9.17, 15) is 28.7 Å². The molecule has 3 aromatic carbocycles. The number of ether oxygens (including phenoxy) is 7. The number of carbonyl (C=O) groups excluding carboxylic acids is 4. The largest absolute Gasteiger partial charge is 0.493 e. The number of halogens is 2. The summed E-state index contributed by atoms with van der Waals surface area (Å²) >= 11 is 7.55. The maximum Gasteiger partial charge on any atom is 0.246 e. The van der Waals surface area contributed by atoms with E-state index in [1.807, 2.05) is 68.4 Å². The minimum atomic E-state index is -0.938. The third kappa shape index (κ3) is 19.2. The highest BCUT2D eigenvalue weighted by Crippen LogP contribution is 2.36. The first kappa shape index (κ1) is 63.4. The highest BCUT2D eigenvalue weighted by Gasteiger charge is 2.44. The van der Waals surface area contributed by atoms with Gasteiger partial charge in [0.1, 0.15) is 30.0 Å². The SMILES string of the molecule is COc1cc2ncnc(Nc3ccc(F)c(Cl)c3)c2cc1OCCCN1CCN(C(=O)CCOCCOCCOCCOCCOCCC(=O)NC(C(=O)N2CC(O)CC2C(=O)NCc2ccc(-c3scnc3C)cc2)C(C)(C)C)CC1. The molecular formula is C58H77ClFN9O12S. The molecule has 5 aromatic rings. The Kier molecular flexibility index (Phi) is 24.8. The molecular weight excluding hydrogens is 1100 g/mol. The average molecular weight is 1180 g/mol. The smallest absolute Gasteiger partial charge is 0.246 e. The van der Waals surface area contributed by atoms with Gasteiger partial charge in [0, 0.05) is 75.8 Å². The van der Waals surface area contributed by atoms with Crippen LogP contribution >= 0.6 is 22.9 Å². The third-order valence-electron chi connectivity index (χ3n) is 13.8. The second-order valence-electron chi connectivity index (χ2n) is 20.9. The summed E-state index contributed by atoms with van der Waals surface area (Å²) in [6.45, 7) is 15.0. The van der Waals surface area contributed by atoms with E-state index >= 15 is 0 Å². The Morgan fingerprint density at radius 3 is 2.10 bits per heavy atom. The normalized spacial score (nSPS) is 16.1. The van der Waals surface area contributed by atoms with Crippen molar-refractivity contribution >= 4 is 69.0 Å². The van der Waals surface area contributed by atoms with Crippen LogP contribution in [-0.4, -0.2) is 196 Å². The number of β-amino-alcohol motifs (C(OH)–C–C–N with tert-alkyl or cyclic N) is 1. The number of aromatic nitrogens is 3. The van der Waals surface area contributed by atoms with Gasteiger partial charge >= 0.3 is 0 Å². The molecule has 4 amide bonds. The van der Waals surface area contributed by atoms with Gasteiger partial charge in [-0.2, -0.15) is 0 Å². The first-order chi connectivity index (χ1) is 39.6. The number of nitrogens with zero attached hydrogens (tertiary/aromatic N) is 6. The molecule has 0 spiro atoms. The maximum atomic E-state index is 14.0. The number of likely N-dealkylation sites (tertiary alicyclic amines) is 1. The number of aliphatic hydroxyl groups excluding tert-OH is 1. The highest BCUT2D eigenvalue weighted by atomic mass is 35.5. The molecule has 4 heterocycles. The van der Waals surface area contributed by atoms with E-state index in [2.05, 4.69) is 35.8 Å². The van der Waals surface area contributed by atoms with E-state index in [0.29, 0.717) is 113 Å². The molecule has 2 aliphatic rings. The summed E-state index contributed by atoms with van der Waals surface area (Å²) in [4.78, 5) is 73.0. The quantitative estimate of drug-likeness (QED) is 0.0351. The van der Waals surface area contributed by atoms with Crippen LogP contribution in [0.4, 0.5) is 15.9 Å². The van der Waals surface area contributed by atoms with Gasteiger partial charge in [-0.25, -0.2) is 19.3 Å². The number of amides is 4. The zero-order valence-corrected chi connectivity index (χ0v) is 49.0. The number of benzene rings is 3. The lowest BCUT2D eigenvalue weighted by Crippen LogP contribution is -2.57. The monoisotopic (exact) mass is 1180 g/mol. The topological polar surface area (TPSA) is 238 Å².